The number of aryl methyl sites for hydroxylation is 2. The minimum absolute atomic E-state index is 0.0449. The highest BCUT2D eigenvalue weighted by atomic mass is 32.1. The van der Waals surface area contributed by atoms with Gasteiger partial charge in [-0.25, -0.2) is 0 Å². The Bertz CT molecular complexity index is 828. The van der Waals surface area contributed by atoms with Gasteiger partial charge in [-0.3, -0.25) is 10.1 Å². The molecule has 2 N–H and O–H groups in total. The lowest BCUT2D eigenvalue weighted by Crippen LogP contribution is -2.32. The number of nitrogens with one attached hydrogen (secondary N) is 2. The molecule has 128 valence electrons. The molecule has 3 aromatic rings. The third-order valence-electron chi connectivity index (χ3n) is 4.11. The van der Waals surface area contributed by atoms with Crippen LogP contribution < -0.4 is 10.6 Å². The molecule has 1 atom stereocenters. The Kier molecular flexibility index (Phi) is 5.64. The van der Waals surface area contributed by atoms with E-state index in [0.29, 0.717) is 6.54 Å². The summed E-state index contributed by atoms with van der Waals surface area (Å²) in [5, 5.41) is 8.52. The zero-order valence-corrected chi connectivity index (χ0v) is 15.3. The van der Waals surface area contributed by atoms with Gasteiger partial charge in [-0.1, -0.05) is 48.5 Å². The van der Waals surface area contributed by atoms with Gasteiger partial charge in [0.25, 0.3) is 0 Å². The molecule has 25 heavy (non-hydrogen) atoms. The maximum Gasteiger partial charge on any atom is 0.246 e. The maximum absolute atomic E-state index is 13.0. The summed E-state index contributed by atoms with van der Waals surface area (Å²) < 4.78 is 0. The molecule has 3 rings (SSSR count). The zero-order valence-electron chi connectivity index (χ0n) is 14.5. The second kappa shape index (κ2) is 8.10. The fourth-order valence-corrected chi connectivity index (χ4v) is 3.35. The smallest absolute Gasteiger partial charge is 0.246 e. The van der Waals surface area contributed by atoms with Gasteiger partial charge < -0.3 is 5.32 Å². The van der Waals surface area contributed by atoms with Gasteiger partial charge in [0.05, 0.1) is 0 Å². The van der Waals surface area contributed by atoms with Gasteiger partial charge in [-0.05, 0) is 48.1 Å². The lowest BCUT2D eigenvalue weighted by atomic mass is 10.1. The summed E-state index contributed by atoms with van der Waals surface area (Å²) in [5.74, 6) is -0.0449. The van der Waals surface area contributed by atoms with Crippen molar-refractivity contribution < 1.29 is 4.79 Å². The molecular formula is C21H22N2OS. The molecule has 2 aromatic carbocycles. The van der Waals surface area contributed by atoms with Crippen LogP contribution in [0.15, 0.2) is 66.0 Å². The van der Waals surface area contributed by atoms with Crippen molar-refractivity contribution in [1.29, 1.82) is 0 Å². The van der Waals surface area contributed by atoms with Crippen LogP contribution in [0.5, 0.6) is 0 Å². The van der Waals surface area contributed by atoms with Crippen LogP contribution in [0.1, 0.15) is 27.6 Å². The highest BCUT2D eigenvalue weighted by Gasteiger charge is 2.20. The Morgan fingerprint density at radius 1 is 1.04 bits per heavy atom. The third-order valence-corrected chi connectivity index (χ3v) is 4.98. The van der Waals surface area contributed by atoms with Crippen molar-refractivity contribution in [2.45, 2.75) is 26.4 Å². The van der Waals surface area contributed by atoms with Crippen LogP contribution in [0, 0.1) is 13.8 Å². The Labute approximate surface area is 152 Å². The van der Waals surface area contributed by atoms with Crippen LogP contribution in [-0.2, 0) is 11.3 Å². The first kappa shape index (κ1) is 17.4. The summed E-state index contributed by atoms with van der Waals surface area (Å²) in [7, 11) is 0. The number of hydrogen-bond acceptors (Lipinski definition) is 3. The molecule has 1 amide bonds. The monoisotopic (exact) mass is 350 g/mol. The number of amides is 1. The first-order chi connectivity index (χ1) is 12.1. The Balaban J connectivity index is 1.80. The van der Waals surface area contributed by atoms with Gasteiger partial charge in [-0.15, -0.1) is 11.3 Å². The number of carbonyl (C=O) groups excluding carboxylic acids is 1. The maximum atomic E-state index is 13.0. The topological polar surface area (TPSA) is 41.1 Å². The van der Waals surface area contributed by atoms with Gasteiger partial charge in [0.2, 0.25) is 5.91 Å². The number of anilines is 1. The van der Waals surface area contributed by atoms with Crippen molar-refractivity contribution in [3.8, 4) is 0 Å². The van der Waals surface area contributed by atoms with Crippen molar-refractivity contribution in [3.05, 3.63) is 87.6 Å². The van der Waals surface area contributed by atoms with Gasteiger partial charge in [0.15, 0.2) is 0 Å². The van der Waals surface area contributed by atoms with Crippen molar-refractivity contribution in [1.82, 2.24) is 5.32 Å². The van der Waals surface area contributed by atoms with Crippen LogP contribution in [0.3, 0.4) is 0 Å². The second-order valence-corrected chi connectivity index (χ2v) is 7.14. The van der Waals surface area contributed by atoms with Gasteiger partial charge in [-0.2, -0.15) is 0 Å². The summed E-state index contributed by atoms with van der Waals surface area (Å²) in [6, 6.07) is 19.6. The molecule has 0 saturated carbocycles. The molecule has 4 heteroatoms. The normalized spacial score (nSPS) is 11.9. The lowest BCUT2D eigenvalue weighted by Gasteiger charge is -2.19. The summed E-state index contributed by atoms with van der Waals surface area (Å²) in [5.41, 5.74) is 4.01. The summed E-state index contributed by atoms with van der Waals surface area (Å²) in [6.45, 7) is 4.70. The largest absolute Gasteiger partial charge is 0.324 e. The molecule has 0 aliphatic rings. The molecule has 0 radical (unpaired) electrons. The molecule has 0 bridgehead atoms. The van der Waals surface area contributed by atoms with E-state index in [2.05, 4.69) is 22.8 Å². The molecular weight excluding hydrogens is 328 g/mol. The molecule has 0 saturated heterocycles. The van der Waals surface area contributed by atoms with E-state index in [0.717, 1.165) is 22.4 Å². The van der Waals surface area contributed by atoms with E-state index >= 15 is 0 Å². The third kappa shape index (κ3) is 4.56. The van der Waals surface area contributed by atoms with Gasteiger partial charge in [0.1, 0.15) is 6.04 Å². The molecule has 0 fully saturated rings. The van der Waals surface area contributed by atoms with E-state index in [9.17, 15) is 4.79 Å². The number of thiophene rings is 1. The molecule has 0 aliphatic carbocycles. The second-order valence-electron chi connectivity index (χ2n) is 6.11. The van der Waals surface area contributed by atoms with Gasteiger partial charge in [0, 0.05) is 17.1 Å². The highest BCUT2D eigenvalue weighted by Crippen LogP contribution is 2.21. The number of hydrogen-bond donors (Lipinski definition) is 2. The van der Waals surface area contributed by atoms with E-state index in [1.165, 1.54) is 4.88 Å². The van der Waals surface area contributed by atoms with Crippen LogP contribution in [0.4, 0.5) is 5.69 Å². The van der Waals surface area contributed by atoms with Crippen molar-refractivity contribution in [3.63, 3.8) is 0 Å². The molecule has 0 unspecified atom stereocenters. The molecule has 1 aromatic heterocycles. The summed E-state index contributed by atoms with van der Waals surface area (Å²) >= 11 is 1.69. The van der Waals surface area contributed by atoms with Crippen LogP contribution in [0.2, 0.25) is 0 Å². The molecule has 0 aliphatic heterocycles. The standard InChI is InChI=1S/C21H22N2OS/c1-15-10-11-16(2)19(13-15)23-21(24)20(17-7-4-3-5-8-17)22-14-18-9-6-12-25-18/h3-13,20,22H,14H2,1-2H3,(H,23,24)/t20-/m0/s1. The predicted molar refractivity (Wildman–Crippen MR) is 105 cm³/mol. The molecule has 1 heterocycles. The Morgan fingerprint density at radius 2 is 1.84 bits per heavy atom. The van der Waals surface area contributed by atoms with E-state index in [4.69, 9.17) is 0 Å². The first-order valence-corrected chi connectivity index (χ1v) is 9.20. The highest BCUT2D eigenvalue weighted by molar-refractivity contribution is 7.09. The van der Waals surface area contributed by atoms with Crippen LogP contribution in [0.25, 0.3) is 0 Å². The van der Waals surface area contributed by atoms with E-state index < -0.39 is 6.04 Å². The fraction of sp³-hybridized carbons (Fsp3) is 0.190. The molecule has 0 spiro atoms. The predicted octanol–water partition coefficient (Wildman–Crippen LogP) is 4.83. The van der Waals surface area contributed by atoms with E-state index in [1.54, 1.807) is 11.3 Å². The number of benzene rings is 2. The van der Waals surface area contributed by atoms with E-state index in [1.807, 2.05) is 67.8 Å². The SMILES string of the molecule is Cc1ccc(C)c(NC(=O)[C@@H](NCc2cccs2)c2ccccc2)c1. The minimum atomic E-state index is -0.400. The van der Waals surface area contributed by atoms with Crippen molar-refractivity contribution in [2.75, 3.05) is 5.32 Å². The average Bonchev–Trinajstić information content (AvgIpc) is 3.13. The zero-order chi connectivity index (χ0) is 17.6. The quantitative estimate of drug-likeness (QED) is 0.668. The van der Waals surface area contributed by atoms with Gasteiger partial charge >= 0.3 is 0 Å². The number of rotatable bonds is 6. The van der Waals surface area contributed by atoms with Crippen molar-refractivity contribution >= 4 is 22.9 Å². The van der Waals surface area contributed by atoms with E-state index in [-0.39, 0.29) is 5.91 Å². The van der Waals surface area contributed by atoms with Crippen molar-refractivity contribution in [2.24, 2.45) is 0 Å². The first-order valence-electron chi connectivity index (χ1n) is 8.32. The van der Waals surface area contributed by atoms with Crippen LogP contribution in [-0.4, -0.2) is 5.91 Å². The number of carbonyl (C=O) groups is 1. The fourth-order valence-electron chi connectivity index (χ4n) is 2.70. The summed E-state index contributed by atoms with van der Waals surface area (Å²) in [6.07, 6.45) is 0. The summed E-state index contributed by atoms with van der Waals surface area (Å²) in [4.78, 5) is 14.2. The average molecular weight is 350 g/mol. The Morgan fingerprint density at radius 3 is 2.56 bits per heavy atom. The lowest BCUT2D eigenvalue weighted by molar-refractivity contribution is -0.118. The minimum Gasteiger partial charge on any atom is -0.324 e. The molecule has 3 nitrogen and oxygen atoms in total. The Hall–Kier alpha value is -2.43. The van der Waals surface area contributed by atoms with Crippen LogP contribution >= 0.6 is 11.3 Å².